The summed E-state index contributed by atoms with van der Waals surface area (Å²) in [5.74, 6) is 1.59. The second-order valence-corrected chi connectivity index (χ2v) is 5.44. The third-order valence-corrected chi connectivity index (χ3v) is 3.45. The second kappa shape index (κ2) is 8.83. The zero-order chi connectivity index (χ0) is 16.5. The molecule has 0 saturated heterocycles. The Balaban J connectivity index is 1.69. The summed E-state index contributed by atoms with van der Waals surface area (Å²) in [5, 5.41) is 2.95. The van der Waals surface area contributed by atoms with Crippen LogP contribution < -0.4 is 14.8 Å². The standard InChI is InChI=1S/C19H23NO3/c1-15(14-23-18-11-9-17(22-2)10-12-18)20-19(21)13-8-16-6-4-3-5-7-16/h3-7,9-12,15H,8,13-14H2,1-2H3,(H,20,21)/t15-/m0/s1. The zero-order valence-electron chi connectivity index (χ0n) is 13.6. The third kappa shape index (κ3) is 6.02. The number of carbonyl (C=O) groups is 1. The van der Waals surface area contributed by atoms with Gasteiger partial charge in [-0.15, -0.1) is 0 Å². The minimum Gasteiger partial charge on any atom is -0.497 e. The highest BCUT2D eigenvalue weighted by atomic mass is 16.5. The molecule has 122 valence electrons. The van der Waals surface area contributed by atoms with Crippen molar-refractivity contribution in [3.8, 4) is 11.5 Å². The summed E-state index contributed by atoms with van der Waals surface area (Å²) in [6.45, 7) is 2.37. The molecule has 0 aliphatic rings. The predicted octanol–water partition coefficient (Wildman–Crippen LogP) is 3.21. The topological polar surface area (TPSA) is 47.6 Å². The molecule has 0 aliphatic heterocycles. The highest BCUT2D eigenvalue weighted by Gasteiger charge is 2.08. The molecule has 2 rings (SSSR count). The quantitative estimate of drug-likeness (QED) is 0.814. The van der Waals surface area contributed by atoms with Crippen LogP contribution in [0.1, 0.15) is 18.9 Å². The first kappa shape index (κ1) is 16.9. The largest absolute Gasteiger partial charge is 0.497 e. The van der Waals surface area contributed by atoms with Crippen molar-refractivity contribution in [3.63, 3.8) is 0 Å². The Hall–Kier alpha value is -2.49. The van der Waals surface area contributed by atoms with Crippen molar-refractivity contribution in [2.45, 2.75) is 25.8 Å². The van der Waals surface area contributed by atoms with Gasteiger partial charge in [-0.05, 0) is 43.2 Å². The number of amides is 1. The first-order valence-electron chi connectivity index (χ1n) is 7.77. The number of benzene rings is 2. The molecule has 0 aliphatic carbocycles. The third-order valence-electron chi connectivity index (χ3n) is 3.45. The van der Waals surface area contributed by atoms with Crippen molar-refractivity contribution in [2.75, 3.05) is 13.7 Å². The van der Waals surface area contributed by atoms with Crippen molar-refractivity contribution in [2.24, 2.45) is 0 Å². The fraction of sp³-hybridized carbons (Fsp3) is 0.316. The van der Waals surface area contributed by atoms with Crippen LogP contribution in [0.5, 0.6) is 11.5 Å². The SMILES string of the molecule is COc1ccc(OC[C@H](C)NC(=O)CCc2ccccc2)cc1. The molecular formula is C19H23NO3. The van der Waals surface area contributed by atoms with Crippen LogP contribution in [0, 0.1) is 0 Å². The lowest BCUT2D eigenvalue weighted by molar-refractivity contribution is -0.121. The summed E-state index contributed by atoms with van der Waals surface area (Å²) in [5.41, 5.74) is 1.17. The Morgan fingerprint density at radius 2 is 1.70 bits per heavy atom. The zero-order valence-corrected chi connectivity index (χ0v) is 13.6. The molecule has 4 nitrogen and oxygen atoms in total. The van der Waals surface area contributed by atoms with Crippen LogP contribution >= 0.6 is 0 Å². The Morgan fingerprint density at radius 1 is 1.04 bits per heavy atom. The fourth-order valence-electron chi connectivity index (χ4n) is 2.18. The molecule has 23 heavy (non-hydrogen) atoms. The molecule has 0 radical (unpaired) electrons. The molecule has 0 bridgehead atoms. The summed E-state index contributed by atoms with van der Waals surface area (Å²) in [7, 11) is 1.63. The first-order valence-corrected chi connectivity index (χ1v) is 7.77. The average molecular weight is 313 g/mol. The van der Waals surface area contributed by atoms with E-state index in [1.165, 1.54) is 5.56 Å². The van der Waals surface area contributed by atoms with Crippen LogP contribution in [0.3, 0.4) is 0 Å². The molecule has 1 amide bonds. The number of ether oxygens (including phenoxy) is 2. The maximum Gasteiger partial charge on any atom is 0.220 e. The minimum atomic E-state index is -0.0413. The number of aryl methyl sites for hydroxylation is 1. The van der Waals surface area contributed by atoms with E-state index in [4.69, 9.17) is 9.47 Å². The summed E-state index contributed by atoms with van der Waals surface area (Å²) in [4.78, 5) is 11.9. The summed E-state index contributed by atoms with van der Waals surface area (Å²) in [6.07, 6.45) is 1.23. The minimum absolute atomic E-state index is 0.0413. The normalized spacial score (nSPS) is 11.6. The highest BCUT2D eigenvalue weighted by molar-refractivity contribution is 5.76. The van der Waals surface area contributed by atoms with Gasteiger partial charge in [0.25, 0.3) is 0 Å². The van der Waals surface area contributed by atoms with Crippen LogP contribution in [0.25, 0.3) is 0 Å². The first-order chi connectivity index (χ1) is 11.2. The van der Waals surface area contributed by atoms with E-state index < -0.39 is 0 Å². The molecule has 0 heterocycles. The number of hydrogen-bond acceptors (Lipinski definition) is 3. The Bertz CT molecular complexity index is 596. The smallest absolute Gasteiger partial charge is 0.220 e. The Morgan fingerprint density at radius 3 is 2.35 bits per heavy atom. The van der Waals surface area contributed by atoms with E-state index >= 15 is 0 Å². The van der Waals surface area contributed by atoms with E-state index in [0.717, 1.165) is 17.9 Å². The van der Waals surface area contributed by atoms with Crippen LogP contribution in [0.15, 0.2) is 54.6 Å². The van der Waals surface area contributed by atoms with Gasteiger partial charge in [-0.3, -0.25) is 4.79 Å². The molecule has 2 aromatic carbocycles. The van der Waals surface area contributed by atoms with Crippen molar-refractivity contribution >= 4 is 5.91 Å². The molecular weight excluding hydrogens is 290 g/mol. The maximum atomic E-state index is 11.9. The van der Waals surface area contributed by atoms with E-state index in [1.54, 1.807) is 7.11 Å². The average Bonchev–Trinajstić information content (AvgIpc) is 2.59. The van der Waals surface area contributed by atoms with Crippen LogP contribution in [-0.4, -0.2) is 25.7 Å². The molecule has 0 saturated carbocycles. The Kier molecular flexibility index (Phi) is 6.48. The van der Waals surface area contributed by atoms with Gasteiger partial charge in [-0.25, -0.2) is 0 Å². The lowest BCUT2D eigenvalue weighted by atomic mass is 10.1. The molecule has 2 aromatic rings. The predicted molar refractivity (Wildman–Crippen MR) is 90.9 cm³/mol. The molecule has 0 fully saturated rings. The number of rotatable bonds is 8. The number of carbonyl (C=O) groups excluding carboxylic acids is 1. The van der Waals surface area contributed by atoms with Gasteiger partial charge in [0.2, 0.25) is 5.91 Å². The van der Waals surface area contributed by atoms with Crippen LogP contribution in [0.4, 0.5) is 0 Å². The van der Waals surface area contributed by atoms with Crippen LogP contribution in [0.2, 0.25) is 0 Å². The molecule has 0 unspecified atom stereocenters. The summed E-state index contributed by atoms with van der Waals surface area (Å²) < 4.78 is 10.8. The van der Waals surface area contributed by atoms with Gasteiger partial charge < -0.3 is 14.8 Å². The molecule has 1 atom stereocenters. The van der Waals surface area contributed by atoms with Crippen molar-refractivity contribution in [3.05, 3.63) is 60.2 Å². The fourth-order valence-corrected chi connectivity index (χ4v) is 2.18. The van der Waals surface area contributed by atoms with Gasteiger partial charge >= 0.3 is 0 Å². The summed E-state index contributed by atoms with van der Waals surface area (Å²) >= 11 is 0. The number of hydrogen-bond donors (Lipinski definition) is 1. The lowest BCUT2D eigenvalue weighted by Gasteiger charge is -2.15. The van der Waals surface area contributed by atoms with E-state index in [0.29, 0.717) is 13.0 Å². The lowest BCUT2D eigenvalue weighted by Crippen LogP contribution is -2.36. The summed E-state index contributed by atoms with van der Waals surface area (Å²) in [6, 6.07) is 17.4. The van der Waals surface area contributed by atoms with Gasteiger partial charge in [0, 0.05) is 6.42 Å². The van der Waals surface area contributed by atoms with E-state index in [9.17, 15) is 4.79 Å². The maximum absolute atomic E-state index is 11.9. The number of methoxy groups -OCH3 is 1. The van der Waals surface area contributed by atoms with Gasteiger partial charge in [-0.1, -0.05) is 30.3 Å². The van der Waals surface area contributed by atoms with Crippen molar-refractivity contribution in [1.82, 2.24) is 5.32 Å². The second-order valence-electron chi connectivity index (χ2n) is 5.44. The highest BCUT2D eigenvalue weighted by Crippen LogP contribution is 2.17. The van der Waals surface area contributed by atoms with E-state index in [2.05, 4.69) is 5.32 Å². The Labute approximate surface area is 137 Å². The molecule has 4 heteroatoms. The van der Waals surface area contributed by atoms with E-state index in [1.807, 2.05) is 61.5 Å². The monoisotopic (exact) mass is 313 g/mol. The van der Waals surface area contributed by atoms with Crippen molar-refractivity contribution < 1.29 is 14.3 Å². The van der Waals surface area contributed by atoms with E-state index in [-0.39, 0.29) is 11.9 Å². The number of nitrogens with one attached hydrogen (secondary N) is 1. The van der Waals surface area contributed by atoms with Crippen LogP contribution in [-0.2, 0) is 11.2 Å². The van der Waals surface area contributed by atoms with Gasteiger partial charge in [0.15, 0.2) is 0 Å². The molecule has 0 spiro atoms. The molecule has 0 aromatic heterocycles. The van der Waals surface area contributed by atoms with Crippen molar-refractivity contribution in [1.29, 1.82) is 0 Å². The van der Waals surface area contributed by atoms with Gasteiger partial charge in [0.1, 0.15) is 18.1 Å². The van der Waals surface area contributed by atoms with Gasteiger partial charge in [0.05, 0.1) is 13.2 Å². The molecule has 1 N–H and O–H groups in total. The van der Waals surface area contributed by atoms with Gasteiger partial charge in [-0.2, -0.15) is 0 Å².